The molecule has 34 heavy (non-hydrogen) atoms. The van der Waals surface area contributed by atoms with Crippen LogP contribution in [0.4, 0.5) is 0 Å². The zero-order valence-corrected chi connectivity index (χ0v) is 18.9. The number of hydrogen-bond acceptors (Lipinski definition) is 5. The third-order valence-corrected chi connectivity index (χ3v) is 5.65. The van der Waals surface area contributed by atoms with Gasteiger partial charge in [0, 0.05) is 22.3 Å². The first-order chi connectivity index (χ1) is 16.7. The third kappa shape index (κ3) is 4.11. The van der Waals surface area contributed by atoms with Crippen molar-refractivity contribution in [2.45, 2.75) is 0 Å². The lowest BCUT2D eigenvalue weighted by Crippen LogP contribution is -2.02. The van der Waals surface area contributed by atoms with E-state index in [-0.39, 0.29) is 5.78 Å². The molecule has 0 unspecified atom stereocenters. The summed E-state index contributed by atoms with van der Waals surface area (Å²) in [4.78, 5) is 22.9. The fourth-order valence-corrected chi connectivity index (χ4v) is 3.90. The van der Waals surface area contributed by atoms with Gasteiger partial charge in [0.2, 0.25) is 0 Å². The summed E-state index contributed by atoms with van der Waals surface area (Å²) in [7, 11) is 3.27. The molecule has 0 aliphatic heterocycles. The fraction of sp³-hybridized carbons (Fsp3) is 0.0690. The van der Waals surface area contributed by atoms with E-state index in [1.807, 2.05) is 84.9 Å². The second-order valence-corrected chi connectivity index (χ2v) is 7.78. The molecule has 4 aromatic carbocycles. The van der Waals surface area contributed by atoms with Gasteiger partial charge in [-0.2, -0.15) is 0 Å². The second-order valence-electron chi connectivity index (χ2n) is 7.78. The number of rotatable bonds is 6. The van der Waals surface area contributed by atoms with E-state index >= 15 is 0 Å². The molecule has 0 aliphatic carbocycles. The van der Waals surface area contributed by atoms with E-state index in [1.165, 1.54) is 0 Å². The lowest BCUT2D eigenvalue weighted by atomic mass is 10.0. The molecule has 0 amide bonds. The Bertz CT molecular complexity index is 1500. The second kappa shape index (κ2) is 9.16. The fourth-order valence-electron chi connectivity index (χ4n) is 3.90. The van der Waals surface area contributed by atoms with Crippen LogP contribution in [0.15, 0.2) is 97.1 Å². The number of carbonyl (C=O) groups excluding carboxylic acids is 1. The van der Waals surface area contributed by atoms with Crippen molar-refractivity contribution in [1.29, 1.82) is 0 Å². The van der Waals surface area contributed by atoms with Gasteiger partial charge in [0.25, 0.3) is 0 Å². The van der Waals surface area contributed by atoms with E-state index in [2.05, 4.69) is 0 Å². The Morgan fingerprint density at radius 3 is 1.76 bits per heavy atom. The minimum Gasteiger partial charge on any atom is -0.497 e. The highest BCUT2D eigenvalue weighted by molar-refractivity contribution is 6.10. The molecular weight excluding hydrogens is 424 g/mol. The minimum absolute atomic E-state index is 0.0518. The lowest BCUT2D eigenvalue weighted by molar-refractivity contribution is 0.103. The van der Waals surface area contributed by atoms with Gasteiger partial charge < -0.3 is 9.47 Å². The van der Waals surface area contributed by atoms with Crippen LogP contribution in [0.3, 0.4) is 0 Å². The predicted molar refractivity (Wildman–Crippen MR) is 133 cm³/mol. The van der Waals surface area contributed by atoms with Gasteiger partial charge >= 0.3 is 0 Å². The number of nitrogens with zero attached hydrogens (tertiary/aromatic N) is 2. The number of methoxy groups -OCH3 is 2. The van der Waals surface area contributed by atoms with Crippen molar-refractivity contribution < 1.29 is 14.3 Å². The highest BCUT2D eigenvalue weighted by Gasteiger charge is 2.16. The Labute approximate surface area is 197 Å². The number of carbonyl (C=O) groups is 1. The van der Waals surface area contributed by atoms with Gasteiger partial charge in [-0.3, -0.25) is 4.79 Å². The normalized spacial score (nSPS) is 10.8. The maximum atomic E-state index is 13.0. The molecule has 0 radical (unpaired) electrons. The zero-order valence-electron chi connectivity index (χ0n) is 18.9. The monoisotopic (exact) mass is 446 g/mol. The largest absolute Gasteiger partial charge is 0.497 e. The Morgan fingerprint density at radius 2 is 1.18 bits per heavy atom. The van der Waals surface area contributed by atoms with Crippen LogP contribution in [-0.4, -0.2) is 30.0 Å². The van der Waals surface area contributed by atoms with Crippen LogP contribution in [0.1, 0.15) is 15.9 Å². The molecule has 0 aliphatic rings. The van der Waals surface area contributed by atoms with Crippen LogP contribution in [0.25, 0.3) is 33.5 Å². The smallest absolute Gasteiger partial charge is 0.193 e. The van der Waals surface area contributed by atoms with Crippen LogP contribution in [0.2, 0.25) is 0 Å². The van der Waals surface area contributed by atoms with Gasteiger partial charge in [-0.05, 0) is 42.5 Å². The molecule has 0 fully saturated rings. The summed E-state index contributed by atoms with van der Waals surface area (Å²) in [5, 5.41) is 0. The van der Waals surface area contributed by atoms with E-state index < -0.39 is 0 Å². The molecule has 0 saturated heterocycles. The quantitative estimate of drug-likeness (QED) is 0.290. The number of aromatic nitrogens is 2. The van der Waals surface area contributed by atoms with Crippen molar-refractivity contribution in [1.82, 2.24) is 9.97 Å². The lowest BCUT2D eigenvalue weighted by Gasteiger charge is -2.13. The summed E-state index contributed by atoms with van der Waals surface area (Å²) < 4.78 is 10.9. The summed E-state index contributed by atoms with van der Waals surface area (Å²) in [6.07, 6.45) is 0. The number of ether oxygens (including phenoxy) is 2. The minimum atomic E-state index is -0.0518. The van der Waals surface area contributed by atoms with Crippen molar-refractivity contribution in [2.24, 2.45) is 0 Å². The van der Waals surface area contributed by atoms with Gasteiger partial charge in [0.15, 0.2) is 5.78 Å². The zero-order chi connectivity index (χ0) is 23.5. The summed E-state index contributed by atoms with van der Waals surface area (Å²) in [6.45, 7) is 0. The Kier molecular flexibility index (Phi) is 5.75. The van der Waals surface area contributed by atoms with Gasteiger partial charge in [0.05, 0.1) is 36.6 Å². The predicted octanol–water partition coefficient (Wildman–Crippen LogP) is 6.21. The SMILES string of the molecule is COc1cccc(-c2nc3ccc(C(=O)c4ccccc4)cc3nc2-c2cccc(OC)c2)c1. The Morgan fingerprint density at radius 1 is 0.588 bits per heavy atom. The molecular formula is C29H22N2O3. The number of hydrogen-bond donors (Lipinski definition) is 0. The molecule has 1 aromatic heterocycles. The maximum absolute atomic E-state index is 13.0. The molecule has 0 N–H and O–H groups in total. The third-order valence-electron chi connectivity index (χ3n) is 5.65. The Balaban J connectivity index is 1.71. The molecule has 5 heteroatoms. The molecule has 5 nitrogen and oxygen atoms in total. The van der Waals surface area contributed by atoms with Crippen LogP contribution >= 0.6 is 0 Å². The molecule has 0 spiro atoms. The van der Waals surface area contributed by atoms with Crippen molar-refractivity contribution in [3.05, 3.63) is 108 Å². The van der Waals surface area contributed by atoms with Crippen molar-refractivity contribution in [3.63, 3.8) is 0 Å². The van der Waals surface area contributed by atoms with E-state index in [4.69, 9.17) is 19.4 Å². The first-order valence-electron chi connectivity index (χ1n) is 10.9. The van der Waals surface area contributed by atoms with Gasteiger partial charge in [-0.1, -0.05) is 54.6 Å². The van der Waals surface area contributed by atoms with E-state index in [0.29, 0.717) is 27.9 Å². The molecule has 0 atom stereocenters. The molecule has 0 bridgehead atoms. The van der Waals surface area contributed by atoms with Gasteiger partial charge in [0.1, 0.15) is 11.5 Å². The van der Waals surface area contributed by atoms with Crippen LogP contribution in [-0.2, 0) is 0 Å². The molecule has 166 valence electrons. The summed E-state index contributed by atoms with van der Waals surface area (Å²) in [5.41, 5.74) is 5.72. The van der Waals surface area contributed by atoms with Crippen molar-refractivity contribution in [3.8, 4) is 34.0 Å². The number of ketones is 1. The van der Waals surface area contributed by atoms with Crippen LogP contribution in [0, 0.1) is 0 Å². The summed E-state index contributed by atoms with van der Waals surface area (Å²) >= 11 is 0. The average molecular weight is 447 g/mol. The molecule has 5 rings (SSSR count). The van der Waals surface area contributed by atoms with Crippen LogP contribution in [0.5, 0.6) is 11.5 Å². The highest BCUT2D eigenvalue weighted by atomic mass is 16.5. The van der Waals surface area contributed by atoms with E-state index in [1.54, 1.807) is 26.4 Å². The summed E-state index contributed by atoms with van der Waals surface area (Å²) in [6, 6.07) is 30.1. The average Bonchev–Trinajstić information content (AvgIpc) is 2.92. The van der Waals surface area contributed by atoms with Crippen LogP contribution < -0.4 is 9.47 Å². The van der Waals surface area contributed by atoms with E-state index in [9.17, 15) is 4.79 Å². The van der Waals surface area contributed by atoms with Gasteiger partial charge in [-0.15, -0.1) is 0 Å². The standard InChI is InChI=1S/C29H22N2O3/c1-33-23-12-6-10-20(16-23)27-28(21-11-7-13-24(17-21)34-2)31-26-18-22(14-15-25(26)30-27)29(32)19-8-4-3-5-9-19/h3-18H,1-2H3. The highest BCUT2D eigenvalue weighted by Crippen LogP contribution is 2.34. The summed E-state index contributed by atoms with van der Waals surface area (Å²) in [5.74, 6) is 1.41. The number of fused-ring (bicyclic) bond motifs is 1. The maximum Gasteiger partial charge on any atom is 0.193 e. The van der Waals surface area contributed by atoms with Gasteiger partial charge in [-0.25, -0.2) is 9.97 Å². The topological polar surface area (TPSA) is 61.3 Å². The molecule has 1 heterocycles. The first-order valence-corrected chi connectivity index (χ1v) is 10.9. The first kappa shape index (κ1) is 21.3. The number of benzene rings is 4. The molecule has 0 saturated carbocycles. The van der Waals surface area contributed by atoms with Crippen molar-refractivity contribution >= 4 is 16.8 Å². The van der Waals surface area contributed by atoms with Crippen molar-refractivity contribution in [2.75, 3.05) is 14.2 Å². The Hall–Kier alpha value is -4.51. The molecule has 5 aromatic rings. The van der Waals surface area contributed by atoms with E-state index in [0.717, 1.165) is 28.3 Å².